The molecule has 0 saturated carbocycles. The zero-order chi connectivity index (χ0) is 15.4. The van der Waals surface area contributed by atoms with Gasteiger partial charge in [0.2, 0.25) is 0 Å². The second-order valence-corrected chi connectivity index (χ2v) is 5.00. The quantitative estimate of drug-likeness (QED) is 0.829. The van der Waals surface area contributed by atoms with Gasteiger partial charge in [-0.1, -0.05) is 11.6 Å². The van der Waals surface area contributed by atoms with Gasteiger partial charge < -0.3 is 20.9 Å². The molecule has 2 rings (SSSR count). The number of anilines is 1. The summed E-state index contributed by atoms with van der Waals surface area (Å²) in [5, 5.41) is 0. The van der Waals surface area contributed by atoms with Gasteiger partial charge in [-0.15, -0.1) is 0 Å². The number of benzene rings is 2. The first-order valence-corrected chi connectivity index (χ1v) is 6.92. The molecule has 21 heavy (non-hydrogen) atoms. The molecule has 0 heterocycles. The predicted octanol–water partition coefficient (Wildman–Crippen LogP) is 2.76. The Morgan fingerprint density at radius 1 is 1.05 bits per heavy atom. The largest absolute Gasteiger partial charge is 0.493 e. The molecular formula is C17H22N2O2. The summed E-state index contributed by atoms with van der Waals surface area (Å²) in [5.41, 5.74) is 16.7. The minimum Gasteiger partial charge on any atom is -0.493 e. The number of nitrogens with two attached hydrogens (primary N) is 2. The van der Waals surface area contributed by atoms with Crippen molar-refractivity contribution in [1.29, 1.82) is 0 Å². The van der Waals surface area contributed by atoms with E-state index in [1.54, 1.807) is 14.2 Å². The Morgan fingerprint density at radius 3 is 2.43 bits per heavy atom. The van der Waals surface area contributed by atoms with Crippen molar-refractivity contribution < 1.29 is 9.47 Å². The molecule has 0 saturated heterocycles. The Hall–Kier alpha value is -2.20. The minimum absolute atomic E-state index is 0.548. The van der Waals surface area contributed by atoms with Gasteiger partial charge in [-0.05, 0) is 55.3 Å². The lowest BCUT2D eigenvalue weighted by Crippen LogP contribution is -2.06. The molecule has 0 spiro atoms. The molecule has 0 bridgehead atoms. The lowest BCUT2D eigenvalue weighted by Gasteiger charge is -2.16. The van der Waals surface area contributed by atoms with Crippen molar-refractivity contribution >= 4 is 5.69 Å². The molecule has 0 radical (unpaired) electrons. The normalized spacial score (nSPS) is 10.5. The number of nitrogen functional groups attached to an aromatic ring is 1. The lowest BCUT2D eigenvalue weighted by atomic mass is 9.97. The van der Waals surface area contributed by atoms with E-state index < -0.39 is 0 Å². The highest BCUT2D eigenvalue weighted by Gasteiger charge is 2.14. The van der Waals surface area contributed by atoms with Crippen molar-refractivity contribution in [2.24, 2.45) is 5.73 Å². The van der Waals surface area contributed by atoms with E-state index in [1.807, 2.05) is 25.1 Å². The third-order valence-corrected chi connectivity index (χ3v) is 3.49. The molecule has 4 heteroatoms. The van der Waals surface area contributed by atoms with Crippen LogP contribution in [0.2, 0.25) is 0 Å². The maximum absolute atomic E-state index is 6.11. The third kappa shape index (κ3) is 3.11. The molecule has 0 fully saturated rings. The summed E-state index contributed by atoms with van der Waals surface area (Å²) in [7, 11) is 3.27. The number of methoxy groups -OCH3 is 2. The molecule has 0 aromatic heterocycles. The van der Waals surface area contributed by atoms with Gasteiger partial charge in [0.25, 0.3) is 0 Å². The summed E-state index contributed by atoms with van der Waals surface area (Å²) in [6, 6.07) is 10.0. The van der Waals surface area contributed by atoms with Crippen LogP contribution in [0.1, 0.15) is 11.1 Å². The van der Waals surface area contributed by atoms with Crippen LogP contribution < -0.4 is 20.9 Å². The van der Waals surface area contributed by atoms with Crippen molar-refractivity contribution in [2.75, 3.05) is 26.5 Å². The summed E-state index contributed by atoms with van der Waals surface area (Å²) >= 11 is 0. The molecule has 0 amide bonds. The Kier molecular flexibility index (Phi) is 4.70. The van der Waals surface area contributed by atoms with Crippen molar-refractivity contribution in [3.63, 3.8) is 0 Å². The molecule has 4 nitrogen and oxygen atoms in total. The van der Waals surface area contributed by atoms with Gasteiger partial charge in [-0.25, -0.2) is 0 Å². The van der Waals surface area contributed by atoms with E-state index >= 15 is 0 Å². The molecular weight excluding hydrogens is 264 g/mol. The maximum Gasteiger partial charge on any atom is 0.163 e. The highest BCUT2D eigenvalue weighted by molar-refractivity contribution is 5.79. The van der Waals surface area contributed by atoms with Crippen LogP contribution in [0.4, 0.5) is 5.69 Å². The van der Waals surface area contributed by atoms with Gasteiger partial charge >= 0.3 is 0 Å². The first kappa shape index (κ1) is 15.2. The van der Waals surface area contributed by atoms with Crippen LogP contribution in [0.25, 0.3) is 11.1 Å². The molecule has 0 aliphatic carbocycles. The fourth-order valence-corrected chi connectivity index (χ4v) is 2.46. The van der Waals surface area contributed by atoms with E-state index in [1.165, 1.54) is 0 Å². The van der Waals surface area contributed by atoms with Crippen molar-refractivity contribution in [2.45, 2.75) is 13.3 Å². The van der Waals surface area contributed by atoms with Crippen molar-refractivity contribution in [3.05, 3.63) is 41.5 Å². The topological polar surface area (TPSA) is 70.5 Å². The summed E-state index contributed by atoms with van der Waals surface area (Å²) < 4.78 is 10.9. The molecule has 0 aliphatic heterocycles. The van der Waals surface area contributed by atoms with E-state index in [4.69, 9.17) is 20.9 Å². The van der Waals surface area contributed by atoms with Crippen LogP contribution in [0.3, 0.4) is 0 Å². The van der Waals surface area contributed by atoms with Crippen LogP contribution in [0, 0.1) is 6.92 Å². The lowest BCUT2D eigenvalue weighted by molar-refractivity contribution is 0.352. The van der Waals surface area contributed by atoms with Crippen LogP contribution >= 0.6 is 0 Å². The Labute approximate surface area is 125 Å². The van der Waals surface area contributed by atoms with E-state index in [0.717, 1.165) is 40.1 Å². The highest BCUT2D eigenvalue weighted by Crippen LogP contribution is 2.38. The summed E-state index contributed by atoms with van der Waals surface area (Å²) in [6.45, 7) is 2.59. The summed E-state index contributed by atoms with van der Waals surface area (Å²) in [5.74, 6) is 1.43. The third-order valence-electron chi connectivity index (χ3n) is 3.49. The molecule has 0 unspecified atom stereocenters. The number of ether oxygens (including phenoxy) is 2. The Bertz CT molecular complexity index is 639. The smallest absolute Gasteiger partial charge is 0.163 e. The van der Waals surface area contributed by atoms with Crippen LogP contribution in [0.15, 0.2) is 30.3 Å². The van der Waals surface area contributed by atoms with Crippen molar-refractivity contribution in [3.8, 4) is 22.6 Å². The van der Waals surface area contributed by atoms with E-state index in [2.05, 4.69) is 12.1 Å². The monoisotopic (exact) mass is 286 g/mol. The Morgan fingerprint density at radius 2 is 1.81 bits per heavy atom. The van der Waals surface area contributed by atoms with Crippen LogP contribution in [-0.4, -0.2) is 20.8 Å². The maximum atomic E-state index is 6.11. The molecule has 4 N–H and O–H groups in total. The number of rotatable bonds is 5. The Balaban J connectivity index is 2.63. The van der Waals surface area contributed by atoms with Gasteiger partial charge in [-0.2, -0.15) is 0 Å². The number of hydrogen-bond donors (Lipinski definition) is 2. The second-order valence-electron chi connectivity index (χ2n) is 5.00. The number of aryl methyl sites for hydroxylation is 1. The van der Waals surface area contributed by atoms with Crippen molar-refractivity contribution in [1.82, 2.24) is 0 Å². The zero-order valence-corrected chi connectivity index (χ0v) is 12.8. The van der Waals surface area contributed by atoms with E-state index in [9.17, 15) is 0 Å². The highest BCUT2D eigenvalue weighted by atomic mass is 16.5. The van der Waals surface area contributed by atoms with Crippen LogP contribution in [-0.2, 0) is 6.42 Å². The summed E-state index contributed by atoms with van der Waals surface area (Å²) in [6.07, 6.45) is 0.721. The number of hydrogen-bond acceptors (Lipinski definition) is 4. The SMILES string of the molecule is COc1cc(-c2cc(C)ccc2N)cc(CCN)c1OC. The van der Waals surface area contributed by atoms with Gasteiger partial charge in [0.15, 0.2) is 11.5 Å². The molecule has 2 aromatic carbocycles. The van der Waals surface area contributed by atoms with Gasteiger partial charge in [-0.3, -0.25) is 0 Å². The fourth-order valence-electron chi connectivity index (χ4n) is 2.46. The fraction of sp³-hybridized carbons (Fsp3) is 0.294. The average Bonchev–Trinajstić information content (AvgIpc) is 2.49. The van der Waals surface area contributed by atoms with E-state index in [-0.39, 0.29) is 0 Å². The average molecular weight is 286 g/mol. The molecule has 0 aliphatic rings. The first-order valence-electron chi connectivity index (χ1n) is 6.92. The van der Waals surface area contributed by atoms with Crippen LogP contribution in [0.5, 0.6) is 11.5 Å². The first-order chi connectivity index (χ1) is 10.1. The molecule has 0 atom stereocenters. The second kappa shape index (κ2) is 6.50. The van der Waals surface area contributed by atoms with Gasteiger partial charge in [0.05, 0.1) is 14.2 Å². The zero-order valence-electron chi connectivity index (χ0n) is 12.8. The predicted molar refractivity (Wildman–Crippen MR) is 86.9 cm³/mol. The van der Waals surface area contributed by atoms with Gasteiger partial charge in [0, 0.05) is 11.3 Å². The molecule has 2 aromatic rings. The standard InChI is InChI=1S/C17H22N2O2/c1-11-4-5-15(19)14(8-11)13-9-12(6-7-18)17(21-3)16(10-13)20-2/h4-5,8-10H,6-7,18-19H2,1-3H3. The van der Waals surface area contributed by atoms with E-state index in [0.29, 0.717) is 12.3 Å². The van der Waals surface area contributed by atoms with Gasteiger partial charge in [0.1, 0.15) is 0 Å². The minimum atomic E-state index is 0.548. The molecule has 112 valence electrons. The summed E-state index contributed by atoms with van der Waals surface area (Å²) in [4.78, 5) is 0.